The van der Waals surface area contributed by atoms with Crippen molar-refractivity contribution >= 4 is 23.1 Å². The van der Waals surface area contributed by atoms with Gasteiger partial charge in [0, 0.05) is 37.4 Å². The number of amides is 1. The van der Waals surface area contributed by atoms with Crippen LogP contribution < -0.4 is 10.9 Å². The number of unbranched alkanes of at least 4 members (excludes halogenated alkanes) is 1. The number of nitrogens with one attached hydrogen (secondary N) is 2. The van der Waals surface area contributed by atoms with Crippen molar-refractivity contribution in [2.75, 3.05) is 13.7 Å². The molecule has 28 heavy (non-hydrogen) atoms. The third-order valence-electron chi connectivity index (χ3n) is 4.88. The Balaban J connectivity index is 1.86. The maximum atomic E-state index is 12.0. The van der Waals surface area contributed by atoms with Gasteiger partial charge in [-0.3, -0.25) is 9.59 Å². The average Bonchev–Trinajstić information content (AvgIpc) is 3.11. The van der Waals surface area contributed by atoms with Crippen LogP contribution in [0.3, 0.4) is 0 Å². The first-order valence-corrected chi connectivity index (χ1v) is 9.93. The summed E-state index contributed by atoms with van der Waals surface area (Å²) in [6.07, 6.45) is 6.39. The van der Waals surface area contributed by atoms with E-state index in [0.29, 0.717) is 12.1 Å². The number of rotatable bonds is 8. The number of aryl methyl sites for hydroxylation is 1. The van der Waals surface area contributed by atoms with Crippen molar-refractivity contribution in [1.29, 1.82) is 0 Å². The molecule has 0 radical (unpaired) electrons. The molecule has 1 aromatic heterocycles. The summed E-state index contributed by atoms with van der Waals surface area (Å²) in [5, 5.41) is 3.11. The molecule has 0 saturated carbocycles. The van der Waals surface area contributed by atoms with Crippen LogP contribution in [-0.4, -0.2) is 30.6 Å². The minimum atomic E-state index is -0.324. The third-order valence-corrected chi connectivity index (χ3v) is 5.17. The average molecular weight is 401 g/mol. The predicted octanol–water partition coefficient (Wildman–Crippen LogP) is 3.71. The molecular formula is C22H25ClN2O3. The highest BCUT2D eigenvalue weighted by atomic mass is 35.5. The molecule has 6 heteroatoms. The van der Waals surface area contributed by atoms with E-state index >= 15 is 0 Å². The molecule has 1 aromatic carbocycles. The van der Waals surface area contributed by atoms with Crippen molar-refractivity contribution in [3.05, 3.63) is 74.7 Å². The fraction of sp³-hybridized carbons (Fsp3) is 0.364. The van der Waals surface area contributed by atoms with E-state index in [0.717, 1.165) is 43.4 Å². The molecular weight excluding hydrogens is 376 g/mol. The summed E-state index contributed by atoms with van der Waals surface area (Å²) in [4.78, 5) is 26.4. The fourth-order valence-electron chi connectivity index (χ4n) is 3.34. The SMILES string of the molecule is COCCCCc1ccc(/C(=C\[C@H]2CCC(=O)N2)c2ccc(Cl)c(=O)[nH]2)cc1. The van der Waals surface area contributed by atoms with Gasteiger partial charge in [-0.05, 0) is 48.9 Å². The summed E-state index contributed by atoms with van der Waals surface area (Å²) in [6.45, 7) is 0.780. The Morgan fingerprint density at radius 2 is 1.96 bits per heavy atom. The molecule has 0 bridgehead atoms. The Kier molecular flexibility index (Phi) is 7.06. The number of hydrogen-bond donors (Lipinski definition) is 2. The number of aromatic nitrogens is 1. The molecule has 148 valence electrons. The largest absolute Gasteiger partial charge is 0.385 e. The monoisotopic (exact) mass is 400 g/mol. The zero-order valence-electron chi connectivity index (χ0n) is 16.0. The number of ether oxygens (including phenoxy) is 1. The van der Waals surface area contributed by atoms with Gasteiger partial charge in [0.05, 0.1) is 0 Å². The maximum absolute atomic E-state index is 12.0. The normalized spacial score (nSPS) is 17.0. The molecule has 2 aromatic rings. The van der Waals surface area contributed by atoms with Crippen molar-refractivity contribution < 1.29 is 9.53 Å². The van der Waals surface area contributed by atoms with E-state index < -0.39 is 0 Å². The highest BCUT2D eigenvalue weighted by molar-refractivity contribution is 6.30. The van der Waals surface area contributed by atoms with Crippen LogP contribution in [0.4, 0.5) is 0 Å². The Labute approximate surface area is 169 Å². The van der Waals surface area contributed by atoms with Crippen LogP contribution >= 0.6 is 11.6 Å². The maximum Gasteiger partial charge on any atom is 0.267 e. The lowest BCUT2D eigenvalue weighted by atomic mass is 9.97. The second-order valence-corrected chi connectivity index (χ2v) is 7.40. The number of carbonyl (C=O) groups is 1. The van der Waals surface area contributed by atoms with E-state index in [9.17, 15) is 9.59 Å². The lowest BCUT2D eigenvalue weighted by Crippen LogP contribution is -2.23. The number of carbonyl (C=O) groups excluding carboxylic acids is 1. The van der Waals surface area contributed by atoms with Gasteiger partial charge < -0.3 is 15.0 Å². The summed E-state index contributed by atoms with van der Waals surface area (Å²) < 4.78 is 5.09. The quantitative estimate of drug-likeness (QED) is 0.663. The summed E-state index contributed by atoms with van der Waals surface area (Å²) in [6, 6.07) is 11.7. The predicted molar refractivity (Wildman–Crippen MR) is 112 cm³/mol. The number of methoxy groups -OCH3 is 1. The minimum absolute atomic E-state index is 0.0459. The first kappa shape index (κ1) is 20.4. The molecule has 0 unspecified atom stereocenters. The zero-order chi connectivity index (χ0) is 19.9. The second-order valence-electron chi connectivity index (χ2n) is 6.99. The van der Waals surface area contributed by atoms with Crippen LogP contribution in [0.15, 0.2) is 47.3 Å². The van der Waals surface area contributed by atoms with E-state index in [1.165, 1.54) is 5.56 Å². The molecule has 5 nitrogen and oxygen atoms in total. The van der Waals surface area contributed by atoms with Crippen LogP contribution in [0.1, 0.15) is 42.5 Å². The molecule has 1 aliphatic rings. The van der Waals surface area contributed by atoms with Crippen molar-refractivity contribution in [3.8, 4) is 0 Å². The van der Waals surface area contributed by atoms with Gasteiger partial charge >= 0.3 is 0 Å². The highest BCUT2D eigenvalue weighted by Gasteiger charge is 2.20. The van der Waals surface area contributed by atoms with Crippen LogP contribution in [0, 0.1) is 0 Å². The van der Waals surface area contributed by atoms with Gasteiger partial charge in [0.15, 0.2) is 0 Å². The topological polar surface area (TPSA) is 71.2 Å². The Hall–Kier alpha value is -2.37. The van der Waals surface area contributed by atoms with Crippen molar-refractivity contribution in [3.63, 3.8) is 0 Å². The van der Waals surface area contributed by atoms with Crippen molar-refractivity contribution in [1.82, 2.24) is 10.3 Å². The van der Waals surface area contributed by atoms with Gasteiger partial charge in [-0.1, -0.05) is 41.9 Å². The van der Waals surface area contributed by atoms with Gasteiger partial charge in [-0.25, -0.2) is 0 Å². The first-order valence-electron chi connectivity index (χ1n) is 9.55. The van der Waals surface area contributed by atoms with E-state index in [2.05, 4.69) is 34.6 Å². The van der Waals surface area contributed by atoms with Gasteiger partial charge in [-0.2, -0.15) is 0 Å². The fourth-order valence-corrected chi connectivity index (χ4v) is 3.46. The summed E-state index contributed by atoms with van der Waals surface area (Å²) in [5.41, 5.74) is 3.49. The van der Waals surface area contributed by atoms with Crippen LogP contribution in [0.2, 0.25) is 5.02 Å². The van der Waals surface area contributed by atoms with E-state index in [1.54, 1.807) is 19.2 Å². The number of benzene rings is 1. The van der Waals surface area contributed by atoms with Gasteiger partial charge in [0.25, 0.3) is 5.56 Å². The summed E-state index contributed by atoms with van der Waals surface area (Å²) in [7, 11) is 1.72. The number of aromatic amines is 1. The van der Waals surface area contributed by atoms with Gasteiger partial charge in [0.2, 0.25) is 5.91 Å². The minimum Gasteiger partial charge on any atom is -0.385 e. The molecule has 2 heterocycles. The van der Waals surface area contributed by atoms with Crippen LogP contribution in [-0.2, 0) is 16.0 Å². The second kappa shape index (κ2) is 9.71. The molecule has 1 atom stereocenters. The highest BCUT2D eigenvalue weighted by Crippen LogP contribution is 2.25. The number of hydrogen-bond acceptors (Lipinski definition) is 3. The van der Waals surface area contributed by atoms with E-state index in [-0.39, 0.29) is 22.5 Å². The number of pyridine rings is 1. The first-order chi connectivity index (χ1) is 13.6. The standard InChI is InChI=1S/C22H25ClN2O3/c1-28-13-3-2-4-15-5-7-16(8-6-15)18(14-17-9-12-21(26)24-17)20-11-10-19(23)22(27)25-20/h5-8,10-11,14,17H,2-4,9,12-13H2,1H3,(H,24,26)(H,25,27)/b18-14+/t17-/m1/s1. The van der Waals surface area contributed by atoms with Gasteiger partial charge in [-0.15, -0.1) is 0 Å². The zero-order valence-corrected chi connectivity index (χ0v) is 16.7. The Morgan fingerprint density at radius 1 is 1.18 bits per heavy atom. The molecule has 1 aliphatic heterocycles. The molecule has 1 amide bonds. The lowest BCUT2D eigenvalue weighted by molar-refractivity contribution is -0.119. The Bertz CT molecular complexity index is 903. The molecule has 1 fully saturated rings. The molecule has 3 rings (SSSR count). The number of halogens is 1. The number of H-pyrrole nitrogens is 1. The summed E-state index contributed by atoms with van der Waals surface area (Å²) >= 11 is 5.88. The molecule has 0 spiro atoms. The lowest BCUT2D eigenvalue weighted by Gasteiger charge is -2.13. The van der Waals surface area contributed by atoms with E-state index in [1.807, 2.05) is 6.08 Å². The van der Waals surface area contributed by atoms with Crippen LogP contribution in [0.5, 0.6) is 0 Å². The molecule has 0 aliphatic carbocycles. The molecule has 1 saturated heterocycles. The van der Waals surface area contributed by atoms with Crippen molar-refractivity contribution in [2.45, 2.75) is 38.1 Å². The van der Waals surface area contributed by atoms with Gasteiger partial charge in [0.1, 0.15) is 5.02 Å². The smallest absolute Gasteiger partial charge is 0.267 e. The van der Waals surface area contributed by atoms with Crippen molar-refractivity contribution in [2.24, 2.45) is 0 Å². The van der Waals surface area contributed by atoms with Crippen LogP contribution in [0.25, 0.3) is 5.57 Å². The molecule has 2 N–H and O–H groups in total. The Morgan fingerprint density at radius 3 is 2.61 bits per heavy atom. The van der Waals surface area contributed by atoms with E-state index in [4.69, 9.17) is 16.3 Å². The summed E-state index contributed by atoms with van der Waals surface area (Å²) in [5.74, 6) is 0.0524. The third kappa shape index (κ3) is 5.33.